The van der Waals surface area contributed by atoms with E-state index in [1.165, 1.54) is 0 Å². The Morgan fingerprint density at radius 2 is 2.24 bits per heavy atom. The minimum absolute atomic E-state index is 0.172. The molecule has 0 aliphatic carbocycles. The molecule has 1 aliphatic heterocycles. The molecule has 3 aromatic rings. The van der Waals surface area contributed by atoms with E-state index in [9.17, 15) is 4.39 Å². The fourth-order valence-electron chi connectivity index (χ4n) is 3.21. The average Bonchev–Trinajstić information content (AvgIpc) is 3.08. The first-order valence-corrected chi connectivity index (χ1v) is 8.62. The van der Waals surface area contributed by atoms with E-state index in [1.54, 1.807) is 10.7 Å². The third-order valence-electron chi connectivity index (χ3n) is 4.61. The van der Waals surface area contributed by atoms with Crippen LogP contribution < -0.4 is 10.2 Å². The first kappa shape index (κ1) is 16.2. The Morgan fingerprint density at radius 3 is 3.04 bits per heavy atom. The van der Waals surface area contributed by atoms with Crippen LogP contribution in [0.1, 0.15) is 12.8 Å². The average molecular weight is 361 g/mol. The molecule has 4 rings (SSSR count). The van der Waals surface area contributed by atoms with Crippen LogP contribution >= 0.6 is 11.6 Å². The smallest absolute Gasteiger partial charge is 0.202 e. The van der Waals surface area contributed by atoms with Crippen molar-refractivity contribution in [3.05, 3.63) is 41.6 Å². The number of fused-ring (bicyclic) bond motifs is 1. The van der Waals surface area contributed by atoms with Crippen LogP contribution in [0.15, 0.2) is 30.6 Å². The third-order valence-corrected chi connectivity index (χ3v) is 4.86. The molecule has 1 aliphatic rings. The number of likely N-dealkylation sites (N-methyl/N-ethyl adjacent to an activating group) is 1. The Hall–Kier alpha value is -2.25. The Morgan fingerprint density at radius 1 is 1.36 bits per heavy atom. The van der Waals surface area contributed by atoms with E-state index < -0.39 is 5.82 Å². The molecule has 0 saturated carbocycles. The normalized spacial score (nSPS) is 17.8. The van der Waals surface area contributed by atoms with Crippen LogP contribution in [0.2, 0.25) is 5.15 Å². The summed E-state index contributed by atoms with van der Waals surface area (Å²) in [4.78, 5) is 10.5. The number of rotatable bonds is 3. The predicted octanol–water partition coefficient (Wildman–Crippen LogP) is 2.77. The lowest BCUT2D eigenvalue weighted by atomic mass is 10.1. The highest BCUT2D eigenvalue weighted by atomic mass is 35.5. The Balaban J connectivity index is 1.78. The summed E-state index contributed by atoms with van der Waals surface area (Å²) in [7, 11) is 1.85. The van der Waals surface area contributed by atoms with Crippen molar-refractivity contribution in [3.8, 4) is 11.4 Å². The first-order chi connectivity index (χ1) is 12.1. The van der Waals surface area contributed by atoms with Gasteiger partial charge < -0.3 is 10.2 Å². The number of halogens is 2. The molecule has 1 fully saturated rings. The van der Waals surface area contributed by atoms with E-state index >= 15 is 0 Å². The highest BCUT2D eigenvalue weighted by molar-refractivity contribution is 6.29. The number of aromatic nitrogens is 4. The minimum Gasteiger partial charge on any atom is -0.353 e. The van der Waals surface area contributed by atoms with Crippen molar-refractivity contribution < 1.29 is 4.39 Å². The molecule has 130 valence electrons. The van der Waals surface area contributed by atoms with Crippen molar-refractivity contribution in [2.24, 2.45) is 0 Å². The van der Waals surface area contributed by atoms with E-state index in [4.69, 9.17) is 11.6 Å². The monoisotopic (exact) mass is 360 g/mol. The van der Waals surface area contributed by atoms with Gasteiger partial charge >= 0.3 is 0 Å². The summed E-state index contributed by atoms with van der Waals surface area (Å²) >= 11 is 6.07. The van der Waals surface area contributed by atoms with Crippen LogP contribution in [0.3, 0.4) is 0 Å². The van der Waals surface area contributed by atoms with Gasteiger partial charge in [-0.15, -0.1) is 0 Å². The lowest BCUT2D eigenvalue weighted by molar-refractivity contribution is 0.439. The number of hydrogen-bond donors (Lipinski definition) is 1. The number of hydrogen-bond acceptors (Lipinski definition) is 5. The standard InChI is InChI=1S/C17H18ClFN6/c1-24(11-5-4-7-20-9-11)17-14(19)15(18)22-16(23-17)12-10-21-25-8-3-2-6-13(12)25/h2-3,6,8,10-11,20H,4-5,7,9H2,1H3/t11-/m1/s1. The molecule has 0 spiro atoms. The fourth-order valence-corrected chi connectivity index (χ4v) is 3.37. The summed E-state index contributed by atoms with van der Waals surface area (Å²) in [6.45, 7) is 1.79. The SMILES string of the molecule is CN(c1nc(-c2cnn3ccccc23)nc(Cl)c1F)[C@@H]1CCCNC1. The second-order valence-corrected chi connectivity index (χ2v) is 6.53. The minimum atomic E-state index is -0.588. The van der Waals surface area contributed by atoms with Crippen molar-refractivity contribution in [1.29, 1.82) is 0 Å². The van der Waals surface area contributed by atoms with Gasteiger partial charge in [0, 0.05) is 25.8 Å². The van der Waals surface area contributed by atoms with E-state index in [0.29, 0.717) is 5.82 Å². The van der Waals surface area contributed by atoms with Gasteiger partial charge in [-0.3, -0.25) is 0 Å². The summed E-state index contributed by atoms with van der Waals surface area (Å²) in [6, 6.07) is 5.88. The Bertz CT molecular complexity index is 905. The van der Waals surface area contributed by atoms with E-state index in [1.807, 2.05) is 36.3 Å². The van der Waals surface area contributed by atoms with Crippen LogP contribution in [0.4, 0.5) is 10.2 Å². The maximum absolute atomic E-state index is 14.6. The molecule has 0 bridgehead atoms. The van der Waals surface area contributed by atoms with Crippen molar-refractivity contribution in [2.45, 2.75) is 18.9 Å². The van der Waals surface area contributed by atoms with Crippen LogP contribution in [-0.2, 0) is 0 Å². The van der Waals surface area contributed by atoms with Crippen LogP contribution in [0.5, 0.6) is 0 Å². The lowest BCUT2D eigenvalue weighted by Gasteiger charge is -2.32. The lowest BCUT2D eigenvalue weighted by Crippen LogP contribution is -2.45. The molecule has 6 nitrogen and oxygen atoms in total. The molecule has 8 heteroatoms. The van der Waals surface area contributed by atoms with Crippen LogP contribution in [0, 0.1) is 5.82 Å². The van der Waals surface area contributed by atoms with E-state index in [2.05, 4.69) is 20.4 Å². The summed E-state index contributed by atoms with van der Waals surface area (Å²) in [5.41, 5.74) is 1.57. The van der Waals surface area contributed by atoms with Gasteiger partial charge in [0.2, 0.25) is 5.82 Å². The zero-order valence-electron chi connectivity index (χ0n) is 13.8. The Labute approximate surface area is 149 Å². The maximum atomic E-state index is 14.6. The second kappa shape index (κ2) is 6.57. The molecule has 0 unspecified atom stereocenters. The quantitative estimate of drug-likeness (QED) is 0.728. The molecule has 4 heterocycles. The first-order valence-electron chi connectivity index (χ1n) is 8.24. The molecule has 1 atom stereocenters. The van der Waals surface area contributed by atoms with Gasteiger partial charge in [0.25, 0.3) is 0 Å². The molecule has 1 N–H and O–H groups in total. The van der Waals surface area contributed by atoms with Gasteiger partial charge in [-0.25, -0.2) is 14.5 Å². The largest absolute Gasteiger partial charge is 0.353 e. The third kappa shape index (κ3) is 2.94. The number of piperidine rings is 1. The predicted molar refractivity (Wildman–Crippen MR) is 95.5 cm³/mol. The van der Waals surface area contributed by atoms with E-state index in [-0.39, 0.29) is 17.0 Å². The number of anilines is 1. The molecule has 1 saturated heterocycles. The molecule has 0 aromatic carbocycles. The highest BCUT2D eigenvalue weighted by Crippen LogP contribution is 2.29. The molecule has 0 radical (unpaired) electrons. The fraction of sp³-hybridized carbons (Fsp3) is 0.353. The van der Waals surface area contributed by atoms with Gasteiger partial charge in [-0.2, -0.15) is 9.49 Å². The van der Waals surface area contributed by atoms with Gasteiger partial charge in [0.05, 0.1) is 17.3 Å². The summed E-state index contributed by atoms with van der Waals surface area (Å²) in [5, 5.41) is 7.44. The zero-order chi connectivity index (χ0) is 17.4. The maximum Gasteiger partial charge on any atom is 0.202 e. The molecular formula is C17H18ClFN6. The summed E-state index contributed by atoms with van der Waals surface area (Å²) in [5.74, 6) is 0.00663. The van der Waals surface area contributed by atoms with Crippen molar-refractivity contribution in [2.75, 3.05) is 25.0 Å². The summed E-state index contributed by atoms with van der Waals surface area (Å²) < 4.78 is 16.3. The molecule has 0 amide bonds. The van der Waals surface area contributed by atoms with Crippen molar-refractivity contribution in [3.63, 3.8) is 0 Å². The van der Waals surface area contributed by atoms with E-state index in [0.717, 1.165) is 37.0 Å². The number of pyridine rings is 1. The highest BCUT2D eigenvalue weighted by Gasteiger charge is 2.25. The zero-order valence-corrected chi connectivity index (χ0v) is 14.5. The van der Waals surface area contributed by atoms with Gasteiger partial charge in [-0.1, -0.05) is 17.7 Å². The van der Waals surface area contributed by atoms with Gasteiger partial charge in [0.15, 0.2) is 16.8 Å². The topological polar surface area (TPSA) is 58.4 Å². The molecule has 3 aromatic heterocycles. The Kier molecular flexibility index (Phi) is 4.27. The molecule has 25 heavy (non-hydrogen) atoms. The van der Waals surface area contributed by atoms with Crippen LogP contribution in [-0.4, -0.2) is 45.8 Å². The summed E-state index contributed by atoms with van der Waals surface area (Å²) in [6.07, 6.45) is 5.54. The number of nitrogens with zero attached hydrogens (tertiary/aromatic N) is 5. The van der Waals surface area contributed by atoms with Crippen molar-refractivity contribution >= 4 is 22.9 Å². The van der Waals surface area contributed by atoms with Crippen molar-refractivity contribution in [1.82, 2.24) is 24.9 Å². The van der Waals surface area contributed by atoms with Gasteiger partial charge in [-0.05, 0) is 31.5 Å². The van der Waals surface area contributed by atoms with Crippen LogP contribution in [0.25, 0.3) is 16.9 Å². The number of nitrogens with one attached hydrogen (secondary N) is 1. The van der Waals surface area contributed by atoms with Gasteiger partial charge in [0.1, 0.15) is 0 Å². The second-order valence-electron chi connectivity index (χ2n) is 6.18. The molecular weight excluding hydrogens is 343 g/mol.